The van der Waals surface area contributed by atoms with Crippen LogP contribution in [-0.2, 0) is 21.8 Å². The third-order valence-corrected chi connectivity index (χ3v) is 5.41. The summed E-state index contributed by atoms with van der Waals surface area (Å²) in [5.41, 5.74) is 1.79. The summed E-state index contributed by atoms with van der Waals surface area (Å²) in [6.07, 6.45) is 5.12. The summed E-state index contributed by atoms with van der Waals surface area (Å²) in [6.45, 7) is 0.858. The van der Waals surface area contributed by atoms with Crippen molar-refractivity contribution in [1.82, 2.24) is 9.55 Å². The van der Waals surface area contributed by atoms with Crippen molar-refractivity contribution < 1.29 is 19.8 Å². The summed E-state index contributed by atoms with van der Waals surface area (Å²) < 4.78 is 15.6. The van der Waals surface area contributed by atoms with E-state index in [0.717, 1.165) is 15.6 Å². The van der Waals surface area contributed by atoms with Crippen molar-refractivity contribution in [3.05, 3.63) is 96.9 Å². The average Bonchev–Trinajstić information content (AvgIpc) is 3.33. The maximum Gasteiger partial charge on any atom is 0.291 e. The van der Waals surface area contributed by atoms with E-state index in [1.54, 1.807) is 24.7 Å². The van der Waals surface area contributed by atoms with E-state index < -0.39 is 10.9 Å². The van der Waals surface area contributed by atoms with Gasteiger partial charge in [0.05, 0.1) is 24.5 Å². The number of benzene rings is 2. The Hall–Kier alpha value is -2.17. The molecule has 2 heterocycles. The van der Waals surface area contributed by atoms with Crippen molar-refractivity contribution in [3.8, 4) is 0 Å². The summed E-state index contributed by atoms with van der Waals surface area (Å²) in [4.78, 5) is 12.5. The molecule has 2 aromatic carbocycles. The van der Waals surface area contributed by atoms with Gasteiger partial charge in [0.1, 0.15) is 6.10 Å². The highest BCUT2D eigenvalue weighted by Crippen LogP contribution is 2.44. The van der Waals surface area contributed by atoms with Crippen LogP contribution in [-0.4, -0.2) is 26.5 Å². The van der Waals surface area contributed by atoms with Crippen LogP contribution in [0.3, 0.4) is 0 Å². The first-order chi connectivity index (χ1) is 14.3. The zero-order valence-corrected chi connectivity index (χ0v) is 18.4. The van der Waals surface area contributed by atoms with Crippen molar-refractivity contribution in [2.45, 2.75) is 18.4 Å². The van der Waals surface area contributed by atoms with E-state index >= 15 is 0 Å². The van der Waals surface area contributed by atoms with Crippen LogP contribution in [0.1, 0.15) is 17.2 Å². The van der Waals surface area contributed by atoms with Gasteiger partial charge in [0, 0.05) is 27.5 Å². The molecule has 0 spiro atoms. The third-order valence-electron chi connectivity index (χ3n) is 4.33. The van der Waals surface area contributed by atoms with E-state index in [-0.39, 0.29) is 6.10 Å². The van der Waals surface area contributed by atoms with Gasteiger partial charge in [0.2, 0.25) is 5.79 Å². The highest BCUT2D eigenvalue weighted by atomic mass is 79.9. The van der Waals surface area contributed by atoms with Crippen LogP contribution in [0.15, 0.2) is 65.7 Å². The lowest BCUT2D eigenvalue weighted by Gasteiger charge is -2.30. The molecule has 8 nitrogen and oxygen atoms in total. The minimum atomic E-state index is -1.50. The molecule has 3 aromatic rings. The smallest absolute Gasteiger partial charge is 0.291 e. The van der Waals surface area contributed by atoms with Gasteiger partial charge in [-0.3, -0.25) is 0 Å². The molecule has 1 fully saturated rings. The zero-order valence-electron chi connectivity index (χ0n) is 15.3. The molecule has 2 atom stereocenters. The van der Waals surface area contributed by atoms with Crippen LogP contribution in [0.5, 0.6) is 0 Å². The fourth-order valence-corrected chi connectivity index (χ4v) is 3.89. The molecule has 0 amide bonds. The Bertz CT molecular complexity index is 1000. The first-order valence-electron chi connectivity index (χ1n) is 8.61. The molecule has 2 unspecified atom stereocenters. The molecule has 0 radical (unpaired) electrons. The second-order valence-corrected chi connectivity index (χ2v) is 8.08. The number of hydrogen-bond acceptors (Lipinski definition) is 5. The third kappa shape index (κ3) is 5.50. The molecular formula is C19H16BrCl2N3O5. The Labute approximate surface area is 190 Å². The van der Waals surface area contributed by atoms with Gasteiger partial charge in [0.15, 0.2) is 0 Å². The van der Waals surface area contributed by atoms with Crippen LogP contribution < -0.4 is 0 Å². The maximum absolute atomic E-state index is 8.36. The topological polar surface area (TPSA) is 99.7 Å². The van der Waals surface area contributed by atoms with Gasteiger partial charge < -0.3 is 19.2 Å². The van der Waals surface area contributed by atoms with E-state index in [0.29, 0.717) is 23.2 Å². The lowest BCUT2D eigenvalue weighted by Crippen LogP contribution is -2.33. The van der Waals surface area contributed by atoms with Crippen LogP contribution >= 0.6 is 39.1 Å². The molecule has 1 saturated heterocycles. The molecule has 11 heteroatoms. The van der Waals surface area contributed by atoms with E-state index in [2.05, 4.69) is 20.9 Å². The lowest BCUT2D eigenvalue weighted by molar-refractivity contribution is -0.742. The molecule has 1 aliphatic heterocycles. The van der Waals surface area contributed by atoms with Gasteiger partial charge in [-0.1, -0.05) is 57.3 Å². The summed E-state index contributed by atoms with van der Waals surface area (Å²) in [5.74, 6) is -1.01. The molecule has 1 aromatic heterocycles. The predicted octanol–water partition coefficient (Wildman–Crippen LogP) is 5.25. The minimum Gasteiger partial charge on any atom is -0.341 e. The SMILES string of the molecule is Clc1ccc(C2(Cn3ccnc3)OCC(c3ccc(Br)cc3)O2)c(Cl)c1.O=[N+]([O-])O. The van der Waals surface area contributed by atoms with Gasteiger partial charge in [-0.25, -0.2) is 4.98 Å². The van der Waals surface area contributed by atoms with Gasteiger partial charge in [-0.2, -0.15) is 0 Å². The van der Waals surface area contributed by atoms with Crippen molar-refractivity contribution in [2.75, 3.05) is 6.61 Å². The molecule has 4 rings (SSSR count). The Kier molecular flexibility index (Phi) is 7.32. The van der Waals surface area contributed by atoms with Gasteiger partial charge in [-0.05, 0) is 29.8 Å². The lowest BCUT2D eigenvalue weighted by atomic mass is 10.1. The Balaban J connectivity index is 0.000000589. The fraction of sp³-hybridized carbons (Fsp3) is 0.211. The number of imidazole rings is 1. The molecule has 0 aliphatic carbocycles. The standard InChI is InChI=1S/C19H15BrCl2N2O2.HNO3/c20-14-3-1-13(2-4-14)18-10-25-19(26-18,11-24-8-7-23-12-24)16-6-5-15(21)9-17(16)22;2-1(3)4/h1-9,12,18H,10-11H2;(H,2,3,4). The van der Waals surface area contributed by atoms with E-state index in [4.69, 9.17) is 48.0 Å². The number of rotatable bonds is 4. The van der Waals surface area contributed by atoms with Crippen molar-refractivity contribution >= 4 is 39.1 Å². The molecular weight excluding hydrogens is 501 g/mol. The average molecular weight is 517 g/mol. The molecule has 0 bridgehead atoms. The van der Waals surface area contributed by atoms with Gasteiger partial charge >= 0.3 is 0 Å². The largest absolute Gasteiger partial charge is 0.341 e. The molecule has 30 heavy (non-hydrogen) atoms. The van der Waals surface area contributed by atoms with E-state index in [9.17, 15) is 0 Å². The Morgan fingerprint density at radius 2 is 2.00 bits per heavy atom. The van der Waals surface area contributed by atoms with E-state index in [1.807, 2.05) is 41.1 Å². The Morgan fingerprint density at radius 3 is 2.60 bits per heavy atom. The fourth-order valence-electron chi connectivity index (χ4n) is 3.08. The zero-order chi connectivity index (χ0) is 21.7. The Morgan fingerprint density at radius 1 is 1.30 bits per heavy atom. The summed E-state index contributed by atoms with van der Waals surface area (Å²) in [5, 5.41) is 14.7. The highest BCUT2D eigenvalue weighted by molar-refractivity contribution is 9.10. The summed E-state index contributed by atoms with van der Waals surface area (Å²) in [6, 6.07) is 13.4. The molecule has 0 saturated carbocycles. The number of aromatic nitrogens is 2. The van der Waals surface area contributed by atoms with Gasteiger partial charge in [-0.15, -0.1) is 10.1 Å². The van der Waals surface area contributed by atoms with Crippen LogP contribution in [0, 0.1) is 10.1 Å². The summed E-state index contributed by atoms with van der Waals surface area (Å²) >= 11 is 16.0. The molecule has 1 aliphatic rings. The number of ether oxygens (including phenoxy) is 2. The maximum atomic E-state index is 8.36. The monoisotopic (exact) mass is 515 g/mol. The van der Waals surface area contributed by atoms with Crippen molar-refractivity contribution in [1.29, 1.82) is 0 Å². The number of hydrogen-bond donors (Lipinski definition) is 1. The minimum absolute atomic E-state index is 0.196. The second-order valence-electron chi connectivity index (χ2n) is 6.32. The predicted molar refractivity (Wildman–Crippen MR) is 113 cm³/mol. The molecule has 1 N–H and O–H groups in total. The number of nitrogens with zero attached hydrogens (tertiary/aromatic N) is 3. The van der Waals surface area contributed by atoms with Crippen LogP contribution in [0.25, 0.3) is 0 Å². The first kappa shape index (κ1) is 22.5. The van der Waals surface area contributed by atoms with E-state index in [1.165, 1.54) is 0 Å². The van der Waals surface area contributed by atoms with Crippen molar-refractivity contribution in [2.24, 2.45) is 0 Å². The molecule has 158 valence electrons. The van der Waals surface area contributed by atoms with Crippen molar-refractivity contribution in [3.63, 3.8) is 0 Å². The first-order valence-corrected chi connectivity index (χ1v) is 10.2. The number of halogens is 3. The second kappa shape index (κ2) is 9.76. The van der Waals surface area contributed by atoms with Crippen LogP contribution in [0.2, 0.25) is 10.0 Å². The summed E-state index contributed by atoms with van der Waals surface area (Å²) in [7, 11) is 0. The van der Waals surface area contributed by atoms with Crippen LogP contribution in [0.4, 0.5) is 0 Å². The normalized spacial score (nSPS) is 20.4. The quantitative estimate of drug-likeness (QED) is 0.375. The van der Waals surface area contributed by atoms with Gasteiger partial charge in [0.25, 0.3) is 5.09 Å². The highest BCUT2D eigenvalue weighted by Gasteiger charge is 2.45.